The summed E-state index contributed by atoms with van der Waals surface area (Å²) in [4.78, 5) is 14.7. The maximum atomic E-state index is 12.7. The molecule has 0 radical (unpaired) electrons. The standard InChI is InChI=1S/C19H23BrN2O/c1-14(15-9-11-17(20)12-10-15)22-13-5-8-18(21-19(22)23)16-6-3-2-4-7-16/h2-4,6-7,9,11-12,14-15,18H,5,8,10,13H2,1H3,(H,21,23)/t14-,15?,18?/m0/s1. The number of carbonyl (C=O) groups excluding carboxylic acids is 1. The third-order valence-electron chi connectivity index (χ3n) is 4.85. The SMILES string of the molecule is C[C@@H](C1C=CC(Br)=CC1)N1CCCC(c2ccccc2)NC1=O. The number of rotatable bonds is 3. The van der Waals surface area contributed by atoms with Crippen LogP contribution < -0.4 is 5.32 Å². The van der Waals surface area contributed by atoms with E-state index in [9.17, 15) is 4.79 Å². The molecule has 3 rings (SSSR count). The molecular weight excluding hydrogens is 352 g/mol. The quantitative estimate of drug-likeness (QED) is 0.811. The van der Waals surface area contributed by atoms with Crippen molar-refractivity contribution in [2.24, 2.45) is 5.92 Å². The van der Waals surface area contributed by atoms with Crippen LogP contribution in [0.5, 0.6) is 0 Å². The summed E-state index contributed by atoms with van der Waals surface area (Å²) in [6.45, 7) is 2.98. The fourth-order valence-corrected chi connectivity index (χ4v) is 3.73. The molecule has 122 valence electrons. The Kier molecular flexibility index (Phi) is 5.21. The lowest BCUT2D eigenvalue weighted by molar-refractivity contribution is 0.168. The number of hydrogen-bond donors (Lipinski definition) is 1. The number of allylic oxidation sites excluding steroid dienone is 3. The van der Waals surface area contributed by atoms with Crippen molar-refractivity contribution in [3.63, 3.8) is 0 Å². The highest BCUT2D eigenvalue weighted by Crippen LogP contribution is 2.28. The fourth-order valence-electron chi connectivity index (χ4n) is 3.40. The molecule has 1 aromatic rings. The van der Waals surface area contributed by atoms with Crippen molar-refractivity contribution in [1.82, 2.24) is 10.2 Å². The van der Waals surface area contributed by atoms with Crippen LogP contribution in [-0.4, -0.2) is 23.5 Å². The topological polar surface area (TPSA) is 32.3 Å². The summed E-state index contributed by atoms with van der Waals surface area (Å²) in [5.74, 6) is 0.385. The van der Waals surface area contributed by atoms with Crippen molar-refractivity contribution < 1.29 is 4.79 Å². The minimum atomic E-state index is 0.0610. The molecule has 3 nitrogen and oxygen atoms in total. The van der Waals surface area contributed by atoms with Gasteiger partial charge in [-0.15, -0.1) is 0 Å². The van der Waals surface area contributed by atoms with Crippen LogP contribution in [0.1, 0.15) is 37.8 Å². The van der Waals surface area contributed by atoms with Gasteiger partial charge in [-0.3, -0.25) is 0 Å². The van der Waals surface area contributed by atoms with E-state index >= 15 is 0 Å². The van der Waals surface area contributed by atoms with Gasteiger partial charge < -0.3 is 10.2 Å². The lowest BCUT2D eigenvalue weighted by Crippen LogP contribution is -2.47. The van der Waals surface area contributed by atoms with E-state index in [0.717, 1.165) is 30.3 Å². The van der Waals surface area contributed by atoms with Crippen LogP contribution in [0, 0.1) is 5.92 Å². The summed E-state index contributed by atoms with van der Waals surface area (Å²) in [6.07, 6.45) is 9.48. The first kappa shape index (κ1) is 16.3. The number of amides is 2. The van der Waals surface area contributed by atoms with Gasteiger partial charge in [-0.1, -0.05) is 64.5 Å². The predicted molar refractivity (Wildman–Crippen MR) is 97.4 cm³/mol. The minimum Gasteiger partial charge on any atom is -0.331 e. The van der Waals surface area contributed by atoms with Crippen molar-refractivity contribution in [3.8, 4) is 0 Å². The van der Waals surface area contributed by atoms with Gasteiger partial charge in [0.1, 0.15) is 0 Å². The second kappa shape index (κ2) is 7.35. The van der Waals surface area contributed by atoms with Crippen LogP contribution in [0.25, 0.3) is 0 Å². The van der Waals surface area contributed by atoms with E-state index in [1.165, 1.54) is 5.56 Å². The maximum Gasteiger partial charge on any atom is 0.318 e. The molecular formula is C19H23BrN2O. The van der Waals surface area contributed by atoms with Gasteiger partial charge >= 0.3 is 6.03 Å². The third-order valence-corrected chi connectivity index (χ3v) is 5.44. The molecule has 2 amide bonds. The number of carbonyl (C=O) groups is 1. The summed E-state index contributed by atoms with van der Waals surface area (Å²) in [6, 6.07) is 10.7. The normalized spacial score (nSPS) is 26.3. The van der Waals surface area contributed by atoms with Gasteiger partial charge in [-0.25, -0.2) is 4.79 Å². The van der Waals surface area contributed by atoms with Gasteiger partial charge in [0.25, 0.3) is 0 Å². The molecule has 0 bridgehead atoms. The van der Waals surface area contributed by atoms with Crippen molar-refractivity contribution >= 4 is 22.0 Å². The van der Waals surface area contributed by atoms with E-state index in [1.807, 2.05) is 23.1 Å². The highest BCUT2D eigenvalue weighted by molar-refractivity contribution is 9.11. The second-order valence-corrected chi connectivity index (χ2v) is 7.25. The molecule has 1 aliphatic carbocycles. The zero-order chi connectivity index (χ0) is 16.2. The molecule has 1 aliphatic heterocycles. The third kappa shape index (κ3) is 3.86. The van der Waals surface area contributed by atoms with Crippen LogP contribution in [0.2, 0.25) is 0 Å². The Bertz CT molecular complexity index is 611. The molecule has 1 saturated heterocycles. The van der Waals surface area contributed by atoms with Gasteiger partial charge in [-0.2, -0.15) is 0 Å². The Hall–Kier alpha value is -1.55. The Balaban J connectivity index is 1.68. The Labute approximate surface area is 146 Å². The first-order valence-corrected chi connectivity index (χ1v) is 9.10. The monoisotopic (exact) mass is 374 g/mol. The lowest BCUT2D eigenvalue weighted by atomic mass is 9.92. The lowest BCUT2D eigenvalue weighted by Gasteiger charge is -2.33. The number of nitrogens with zero attached hydrogens (tertiary/aromatic N) is 1. The first-order chi connectivity index (χ1) is 11.1. The first-order valence-electron chi connectivity index (χ1n) is 8.31. The van der Waals surface area contributed by atoms with E-state index in [-0.39, 0.29) is 18.1 Å². The van der Waals surface area contributed by atoms with E-state index < -0.39 is 0 Å². The highest BCUT2D eigenvalue weighted by atomic mass is 79.9. The predicted octanol–water partition coefficient (Wildman–Crippen LogP) is 4.78. The van der Waals surface area contributed by atoms with E-state index in [0.29, 0.717) is 5.92 Å². The Morgan fingerprint density at radius 3 is 2.78 bits per heavy atom. The van der Waals surface area contributed by atoms with Gasteiger partial charge in [0.2, 0.25) is 0 Å². The molecule has 2 aliphatic rings. The van der Waals surface area contributed by atoms with Crippen LogP contribution in [0.15, 0.2) is 53.0 Å². The molecule has 1 heterocycles. The summed E-state index contributed by atoms with van der Waals surface area (Å²) < 4.78 is 1.13. The summed E-state index contributed by atoms with van der Waals surface area (Å²) in [7, 11) is 0. The summed E-state index contributed by atoms with van der Waals surface area (Å²) in [5, 5.41) is 3.21. The van der Waals surface area contributed by atoms with Crippen molar-refractivity contribution in [2.75, 3.05) is 6.54 Å². The molecule has 0 aromatic heterocycles. The Morgan fingerprint density at radius 1 is 1.30 bits per heavy atom. The van der Waals surface area contributed by atoms with Crippen molar-refractivity contribution in [3.05, 3.63) is 58.6 Å². The van der Waals surface area contributed by atoms with Crippen LogP contribution in [0.4, 0.5) is 4.79 Å². The Morgan fingerprint density at radius 2 is 2.09 bits per heavy atom. The molecule has 4 heteroatoms. The minimum absolute atomic E-state index is 0.0610. The largest absolute Gasteiger partial charge is 0.331 e. The van der Waals surface area contributed by atoms with Crippen molar-refractivity contribution in [2.45, 2.75) is 38.3 Å². The zero-order valence-electron chi connectivity index (χ0n) is 13.4. The number of halogens is 1. The molecule has 0 spiro atoms. The molecule has 23 heavy (non-hydrogen) atoms. The van der Waals surface area contributed by atoms with E-state index in [2.05, 4.69) is 58.5 Å². The molecule has 1 N–H and O–H groups in total. The molecule has 0 saturated carbocycles. The average Bonchev–Trinajstić information content (AvgIpc) is 2.77. The average molecular weight is 375 g/mol. The van der Waals surface area contributed by atoms with Crippen LogP contribution in [-0.2, 0) is 0 Å². The molecule has 3 atom stereocenters. The van der Waals surface area contributed by atoms with Crippen LogP contribution >= 0.6 is 15.9 Å². The van der Waals surface area contributed by atoms with E-state index in [1.54, 1.807) is 0 Å². The summed E-state index contributed by atoms with van der Waals surface area (Å²) >= 11 is 3.50. The van der Waals surface area contributed by atoms with Crippen molar-refractivity contribution in [1.29, 1.82) is 0 Å². The van der Waals surface area contributed by atoms with Crippen LogP contribution in [0.3, 0.4) is 0 Å². The zero-order valence-corrected chi connectivity index (χ0v) is 15.0. The maximum absolute atomic E-state index is 12.7. The second-order valence-electron chi connectivity index (χ2n) is 6.34. The molecule has 1 aromatic carbocycles. The smallest absolute Gasteiger partial charge is 0.318 e. The summed E-state index contributed by atoms with van der Waals surface area (Å²) in [5.41, 5.74) is 1.19. The van der Waals surface area contributed by atoms with E-state index in [4.69, 9.17) is 0 Å². The highest BCUT2D eigenvalue weighted by Gasteiger charge is 2.30. The number of nitrogens with one attached hydrogen (secondary N) is 1. The fraction of sp³-hybridized carbons (Fsp3) is 0.421. The molecule has 2 unspecified atom stereocenters. The van der Waals surface area contributed by atoms with Gasteiger partial charge in [-0.05, 0) is 31.7 Å². The number of urea groups is 1. The van der Waals surface area contributed by atoms with Gasteiger partial charge in [0.05, 0.1) is 6.04 Å². The number of benzene rings is 1. The molecule has 1 fully saturated rings. The van der Waals surface area contributed by atoms with Gasteiger partial charge in [0.15, 0.2) is 0 Å². The van der Waals surface area contributed by atoms with Gasteiger partial charge in [0, 0.05) is 23.0 Å². The number of hydrogen-bond acceptors (Lipinski definition) is 1.